The summed E-state index contributed by atoms with van der Waals surface area (Å²) in [7, 11) is 1.88. The van der Waals surface area contributed by atoms with Crippen LogP contribution in [0, 0.1) is 33.7 Å². The zero-order chi connectivity index (χ0) is 13.0. The molecule has 0 unspecified atom stereocenters. The second-order valence-electron chi connectivity index (χ2n) is 3.88. The van der Waals surface area contributed by atoms with Crippen molar-refractivity contribution in [3.8, 4) is 0 Å². The number of rotatable bonds is 0. The monoisotopic (exact) mass is 342 g/mol. The number of fused-ring (bicyclic) bond motifs is 1. The molecule has 1 aromatic carbocycles. The quantitative estimate of drug-likeness (QED) is 0.590. The van der Waals surface area contributed by atoms with Gasteiger partial charge in [0.05, 0.1) is 0 Å². The van der Waals surface area contributed by atoms with Gasteiger partial charge >= 0.3 is 32.7 Å². The second-order valence-corrected chi connectivity index (χ2v) is 3.88. The first-order valence-electron chi connectivity index (χ1n) is 5.65. The Hall–Kier alpha value is -1.13. The Balaban J connectivity index is 0.000000390. The van der Waals surface area contributed by atoms with Gasteiger partial charge in [-0.2, -0.15) is 36.4 Å². The molecule has 3 aromatic rings. The van der Waals surface area contributed by atoms with Crippen molar-refractivity contribution in [3.05, 3.63) is 61.7 Å². The largest absolute Gasteiger partial charge is 3.00 e. The fourth-order valence-corrected chi connectivity index (χ4v) is 1.57. The summed E-state index contributed by atoms with van der Waals surface area (Å²) in [4.78, 5) is 12.5. The number of benzene rings is 1. The van der Waals surface area contributed by atoms with Crippen LogP contribution in [0.3, 0.4) is 0 Å². The summed E-state index contributed by atoms with van der Waals surface area (Å²) in [5.41, 5.74) is 2.59. The molecule has 5 heteroatoms. The van der Waals surface area contributed by atoms with E-state index >= 15 is 0 Å². The summed E-state index contributed by atoms with van der Waals surface area (Å²) in [6.07, 6.45) is 2.81. The van der Waals surface area contributed by atoms with Crippen LogP contribution in [0.25, 0.3) is 11.2 Å². The summed E-state index contributed by atoms with van der Waals surface area (Å²) < 4.78 is 1.77. The average Bonchev–Trinajstić information content (AvgIpc) is 2.75. The molecule has 0 saturated heterocycles. The molecule has 0 radical (unpaired) electrons. The molecule has 100 valence electrons. The maximum Gasteiger partial charge on any atom is 3.00 e. The van der Waals surface area contributed by atoms with Gasteiger partial charge < -0.3 is 17.0 Å². The zero-order valence-electron chi connectivity index (χ0n) is 12.3. The van der Waals surface area contributed by atoms with Crippen LogP contribution in [0.2, 0.25) is 0 Å². The first kappa shape index (κ1) is 18.9. The Kier molecular flexibility index (Phi) is 8.43. The van der Waals surface area contributed by atoms with Gasteiger partial charge in [-0.15, -0.1) is 0 Å². The summed E-state index contributed by atoms with van der Waals surface area (Å²) in [5, 5.41) is 0. The molecule has 2 heterocycles. The Morgan fingerprint density at radius 2 is 1.70 bits per heavy atom. The van der Waals surface area contributed by atoms with Crippen molar-refractivity contribution >= 4 is 11.2 Å². The number of hydrogen-bond donors (Lipinski definition) is 0. The zero-order valence-corrected chi connectivity index (χ0v) is 15.1. The summed E-state index contributed by atoms with van der Waals surface area (Å²) in [6.45, 7) is 3.80. The molecule has 0 aliphatic rings. The summed E-state index contributed by atoms with van der Waals surface area (Å²) in [6, 6.07) is 12.5. The van der Waals surface area contributed by atoms with Crippen molar-refractivity contribution in [2.75, 3.05) is 0 Å². The van der Waals surface area contributed by atoms with E-state index in [1.54, 1.807) is 4.57 Å². The Labute approximate surface area is 145 Å². The molecule has 2 aromatic heterocycles. The van der Waals surface area contributed by atoms with Gasteiger partial charge in [0.15, 0.2) is 0 Å². The molecule has 3 rings (SSSR count). The molecular weight excluding hydrogens is 325 g/mol. The van der Waals surface area contributed by atoms with Crippen molar-refractivity contribution in [2.45, 2.75) is 13.8 Å². The Bertz CT molecular complexity index is 608. The van der Waals surface area contributed by atoms with Crippen LogP contribution in [-0.4, -0.2) is 19.5 Å². The normalized spacial score (nSPS) is 8.95. The van der Waals surface area contributed by atoms with E-state index in [4.69, 9.17) is 0 Å². The van der Waals surface area contributed by atoms with Gasteiger partial charge in [0.1, 0.15) is 5.82 Å². The van der Waals surface area contributed by atoms with Crippen LogP contribution >= 0.6 is 0 Å². The molecule has 0 saturated carbocycles. The molecule has 4 nitrogen and oxygen atoms in total. The third-order valence-electron chi connectivity index (χ3n) is 2.39. The molecule has 0 spiro atoms. The van der Waals surface area contributed by atoms with E-state index in [-0.39, 0.29) is 40.1 Å². The molecule has 0 fully saturated rings. The molecular formula is C15H17N4Y. The molecule has 0 atom stereocenters. The molecule has 0 N–H and O–H groups in total. The third kappa shape index (κ3) is 4.76. The average molecular weight is 342 g/mol. The molecule has 0 amide bonds. The minimum Gasteiger partial charge on any atom is -0.435 e. The van der Waals surface area contributed by atoms with Gasteiger partial charge in [-0.25, -0.2) is 0 Å². The van der Waals surface area contributed by atoms with E-state index in [1.807, 2.05) is 51.2 Å². The fourth-order valence-electron chi connectivity index (χ4n) is 1.57. The van der Waals surface area contributed by atoms with E-state index in [2.05, 4.69) is 27.3 Å². The molecule has 0 aliphatic carbocycles. The van der Waals surface area contributed by atoms with Crippen molar-refractivity contribution in [1.82, 2.24) is 19.5 Å². The van der Waals surface area contributed by atoms with Crippen LogP contribution in [0.4, 0.5) is 0 Å². The number of aromatic nitrogens is 4. The van der Waals surface area contributed by atoms with E-state index in [0.29, 0.717) is 0 Å². The predicted molar refractivity (Wildman–Crippen MR) is 76.3 cm³/mol. The van der Waals surface area contributed by atoms with Crippen LogP contribution in [0.1, 0.15) is 11.5 Å². The van der Waals surface area contributed by atoms with Crippen molar-refractivity contribution < 1.29 is 32.7 Å². The smallest absolute Gasteiger partial charge is 0.435 e. The van der Waals surface area contributed by atoms with Gasteiger partial charge in [0, 0.05) is 17.7 Å². The van der Waals surface area contributed by atoms with Crippen LogP contribution in [0.5, 0.6) is 0 Å². The predicted octanol–water partition coefficient (Wildman–Crippen LogP) is 2.71. The summed E-state index contributed by atoms with van der Waals surface area (Å²) in [5.74, 6) is 0.775. The minimum atomic E-state index is 0. The Morgan fingerprint density at radius 1 is 1.05 bits per heavy atom. The molecule has 20 heavy (non-hydrogen) atoms. The molecule has 0 aliphatic heterocycles. The van der Waals surface area contributed by atoms with Gasteiger partial charge in [0.2, 0.25) is 0 Å². The van der Waals surface area contributed by atoms with Crippen molar-refractivity contribution in [2.24, 2.45) is 7.05 Å². The van der Waals surface area contributed by atoms with Gasteiger partial charge in [-0.05, 0) is 26.4 Å². The van der Waals surface area contributed by atoms with Crippen LogP contribution in [-0.2, 0) is 39.8 Å². The van der Waals surface area contributed by atoms with E-state index in [0.717, 1.165) is 22.7 Å². The van der Waals surface area contributed by atoms with Crippen molar-refractivity contribution in [3.63, 3.8) is 0 Å². The number of nitrogens with zero attached hydrogens (tertiary/aromatic N) is 4. The Morgan fingerprint density at radius 3 is 2.20 bits per heavy atom. The number of hydrogen-bond acceptors (Lipinski definition) is 3. The van der Waals surface area contributed by atoms with E-state index < -0.39 is 0 Å². The van der Waals surface area contributed by atoms with Gasteiger partial charge in [-0.3, -0.25) is 9.97 Å². The first-order chi connectivity index (χ1) is 8.68. The maximum absolute atomic E-state index is 4.25. The van der Waals surface area contributed by atoms with Crippen LogP contribution in [0.15, 0.2) is 30.3 Å². The van der Waals surface area contributed by atoms with Crippen molar-refractivity contribution in [1.29, 1.82) is 0 Å². The SMILES string of the molecule is Cc1nc(C)c2n[c-]n(C)c2n1.[CH3-].[Y+3].[c-]1ccccc1. The minimum absolute atomic E-state index is 0. The topological polar surface area (TPSA) is 43.6 Å². The molecule has 0 bridgehead atoms. The van der Waals surface area contributed by atoms with Crippen LogP contribution < -0.4 is 0 Å². The van der Waals surface area contributed by atoms with E-state index in [1.165, 1.54) is 0 Å². The second kappa shape index (κ2) is 8.93. The van der Waals surface area contributed by atoms with Gasteiger partial charge in [0.25, 0.3) is 0 Å². The maximum atomic E-state index is 4.25. The summed E-state index contributed by atoms with van der Waals surface area (Å²) >= 11 is 0. The third-order valence-corrected chi connectivity index (χ3v) is 2.39. The number of imidazole rings is 1. The van der Waals surface area contributed by atoms with E-state index in [9.17, 15) is 0 Å². The fraction of sp³-hybridized carbons (Fsp3) is 0.200. The number of aryl methyl sites for hydroxylation is 3. The standard InChI is InChI=1S/C8H9N4.C6H5.CH3.Y/c1-5-7-8(11-6(2)10-5)12(3)4-9-7;1-2-4-6-5-3-1;;/h1-3H3;1-5H;1H3;/q3*-1;+3. The van der Waals surface area contributed by atoms with Gasteiger partial charge in [-0.1, -0.05) is 0 Å². The first-order valence-corrected chi connectivity index (χ1v) is 5.65.